The number of halogens is 3. The number of anilines is 3. The predicted molar refractivity (Wildman–Crippen MR) is 204 cm³/mol. The lowest BCUT2D eigenvalue weighted by atomic mass is 9.50. The maximum absolute atomic E-state index is 15.8. The van der Waals surface area contributed by atoms with Crippen LogP contribution in [0, 0.1) is 28.6 Å². The van der Waals surface area contributed by atoms with Crippen molar-refractivity contribution in [1.82, 2.24) is 14.9 Å². The van der Waals surface area contributed by atoms with Crippen LogP contribution in [-0.4, -0.2) is 102 Å². The first-order valence-corrected chi connectivity index (χ1v) is 18.6. The summed E-state index contributed by atoms with van der Waals surface area (Å²) >= 11 is 0. The molecule has 0 unspecified atom stereocenters. The van der Waals surface area contributed by atoms with E-state index in [1.54, 1.807) is 6.08 Å². The molecule has 2 saturated carbocycles. The molecule has 0 bridgehead atoms. The molecule has 6 rings (SSSR count). The number of aliphatic hydroxyl groups is 1. The SMILES string of the molecule is CCN(CC)c1cc(N2CCN(CC(=O)[C@@]3(O)[C@@H](C)C[C@H]4[C@@H]5C[C@H](F)C6=CC(=O)CC[C@]6(C)C5=CC[C@@]43C)CC2)nc(N(CC)CC)n1.Cl.Cl. The summed E-state index contributed by atoms with van der Waals surface area (Å²) in [6, 6.07) is 2.09. The second kappa shape index (κ2) is 15.4. The van der Waals surface area contributed by atoms with Gasteiger partial charge in [-0.2, -0.15) is 9.97 Å². The van der Waals surface area contributed by atoms with Crippen molar-refractivity contribution in [2.24, 2.45) is 28.6 Å². The molecule has 7 atom stereocenters. The molecule has 0 spiro atoms. The summed E-state index contributed by atoms with van der Waals surface area (Å²) in [6.45, 7) is 21.2. The third-order valence-corrected chi connectivity index (χ3v) is 13.2. The van der Waals surface area contributed by atoms with Gasteiger partial charge >= 0.3 is 0 Å². The summed E-state index contributed by atoms with van der Waals surface area (Å²) in [6.07, 6.45) is 5.31. The Hall–Kier alpha value is -2.27. The van der Waals surface area contributed by atoms with Gasteiger partial charge in [0.25, 0.3) is 0 Å². The van der Waals surface area contributed by atoms with Crippen molar-refractivity contribution in [3.8, 4) is 0 Å². The minimum absolute atomic E-state index is 0. The number of allylic oxidation sites excluding steroid dienone is 4. The van der Waals surface area contributed by atoms with E-state index in [4.69, 9.17) is 9.97 Å². The molecule has 9 nitrogen and oxygen atoms in total. The Balaban J connectivity index is 0.00000281. The van der Waals surface area contributed by atoms with E-state index in [2.05, 4.69) is 73.3 Å². The van der Waals surface area contributed by atoms with Crippen molar-refractivity contribution in [1.29, 1.82) is 0 Å². The number of hydrogen-bond donors (Lipinski definition) is 1. The van der Waals surface area contributed by atoms with Gasteiger partial charge in [-0.3, -0.25) is 14.5 Å². The van der Waals surface area contributed by atoms with Gasteiger partial charge in [-0.15, -0.1) is 24.8 Å². The number of aromatic nitrogens is 2. The van der Waals surface area contributed by atoms with Crippen molar-refractivity contribution in [2.45, 2.75) is 92.3 Å². The lowest BCUT2D eigenvalue weighted by Gasteiger charge is -2.55. The molecule has 280 valence electrons. The molecule has 0 aromatic carbocycles. The summed E-state index contributed by atoms with van der Waals surface area (Å²) in [5, 5.41) is 12.5. The average molecular weight is 738 g/mol. The highest BCUT2D eigenvalue weighted by atomic mass is 35.5. The van der Waals surface area contributed by atoms with Crippen LogP contribution in [0.4, 0.5) is 22.0 Å². The molecule has 0 amide bonds. The zero-order valence-electron chi connectivity index (χ0n) is 31.1. The fraction of sp³-hybridized carbons (Fsp3) is 0.737. The zero-order valence-corrected chi connectivity index (χ0v) is 32.7. The van der Waals surface area contributed by atoms with Crippen molar-refractivity contribution < 1.29 is 19.1 Å². The predicted octanol–water partition coefficient (Wildman–Crippen LogP) is 6.08. The summed E-state index contributed by atoms with van der Waals surface area (Å²) in [5.74, 6) is 2.27. The highest BCUT2D eigenvalue weighted by Crippen LogP contribution is 2.67. The first-order valence-electron chi connectivity index (χ1n) is 18.6. The van der Waals surface area contributed by atoms with Crippen molar-refractivity contribution in [3.63, 3.8) is 0 Å². The van der Waals surface area contributed by atoms with Gasteiger partial charge in [0.15, 0.2) is 11.6 Å². The number of carbonyl (C=O) groups excluding carboxylic acids is 2. The minimum atomic E-state index is -1.48. The quantitative estimate of drug-likeness (QED) is 0.287. The van der Waals surface area contributed by atoms with Gasteiger partial charge in [0.2, 0.25) is 5.95 Å². The van der Waals surface area contributed by atoms with Crippen molar-refractivity contribution in [3.05, 3.63) is 29.4 Å². The third-order valence-electron chi connectivity index (χ3n) is 13.2. The van der Waals surface area contributed by atoms with E-state index in [0.29, 0.717) is 50.8 Å². The van der Waals surface area contributed by atoms with Gasteiger partial charge in [0.1, 0.15) is 23.4 Å². The number of piperazine rings is 1. The molecule has 2 heterocycles. The molecule has 0 radical (unpaired) electrons. The van der Waals surface area contributed by atoms with E-state index in [9.17, 15) is 14.7 Å². The molecular formula is C38H59Cl2FN6O3. The van der Waals surface area contributed by atoms with E-state index in [-0.39, 0.29) is 60.7 Å². The van der Waals surface area contributed by atoms with E-state index in [1.807, 2.05) is 6.92 Å². The molecule has 5 aliphatic rings. The Kier molecular flexibility index (Phi) is 12.5. The van der Waals surface area contributed by atoms with Crippen LogP contribution in [0.5, 0.6) is 0 Å². The maximum Gasteiger partial charge on any atom is 0.229 e. The topological polar surface area (TPSA) is 93.1 Å². The van der Waals surface area contributed by atoms with Crippen LogP contribution in [0.3, 0.4) is 0 Å². The summed E-state index contributed by atoms with van der Waals surface area (Å²) in [4.78, 5) is 45.3. The largest absolute Gasteiger partial charge is 0.381 e. The lowest BCUT2D eigenvalue weighted by Crippen LogP contribution is -2.60. The van der Waals surface area contributed by atoms with E-state index < -0.39 is 22.6 Å². The monoisotopic (exact) mass is 736 g/mol. The van der Waals surface area contributed by atoms with Gasteiger partial charge in [0, 0.05) is 75.7 Å². The number of alkyl halides is 1. The van der Waals surface area contributed by atoms with Crippen LogP contribution in [0.1, 0.15) is 80.6 Å². The molecule has 1 N–H and O–H groups in total. The molecule has 4 aliphatic carbocycles. The fourth-order valence-corrected chi connectivity index (χ4v) is 10.2. The molecule has 1 aromatic rings. The van der Waals surface area contributed by atoms with Gasteiger partial charge in [-0.05, 0) is 82.8 Å². The number of nitrogens with zero attached hydrogens (tertiary/aromatic N) is 6. The zero-order chi connectivity index (χ0) is 34.6. The van der Waals surface area contributed by atoms with E-state index in [0.717, 1.165) is 56.9 Å². The molecule has 12 heteroatoms. The first-order chi connectivity index (χ1) is 22.8. The highest BCUT2D eigenvalue weighted by Gasteiger charge is 2.68. The maximum atomic E-state index is 15.8. The molecule has 50 heavy (non-hydrogen) atoms. The first kappa shape index (κ1) is 40.5. The Morgan fingerprint density at radius 1 is 0.980 bits per heavy atom. The molecular weight excluding hydrogens is 678 g/mol. The number of fused-ring (bicyclic) bond motifs is 5. The van der Waals surface area contributed by atoms with Crippen LogP contribution < -0.4 is 14.7 Å². The van der Waals surface area contributed by atoms with Crippen LogP contribution in [0.15, 0.2) is 29.4 Å². The number of Topliss-reactive ketones (excluding diaryl/α,β-unsaturated/α-hetero) is 1. The van der Waals surface area contributed by atoms with E-state index in [1.165, 1.54) is 5.57 Å². The second-order valence-electron chi connectivity index (χ2n) is 15.4. The number of carbonyl (C=O) groups is 2. The van der Waals surface area contributed by atoms with Crippen LogP contribution in [-0.2, 0) is 9.59 Å². The van der Waals surface area contributed by atoms with Gasteiger partial charge in [-0.1, -0.05) is 32.4 Å². The Morgan fingerprint density at radius 2 is 1.62 bits per heavy atom. The highest BCUT2D eigenvalue weighted by molar-refractivity contribution is 5.92. The standard InChI is InChI=1S/C38H57FN6O3.2ClH/c1-8-43(9-2)33-23-34(41-35(40-33)44(10-3)11-4)45-18-16-42(17-19-45)24-32(47)38(48)25(5)20-29-27-22-31(39)30-21-26(46)12-14-36(30,6)28(27)13-15-37(29,38)7;;/h13,21,23,25,27,29,31,48H,8-12,14-20,22,24H2,1-7H3;2*1H/t25-,27+,29-,31-,36+,37-,38-;;/m0../s1. The molecule has 3 fully saturated rings. The summed E-state index contributed by atoms with van der Waals surface area (Å²) < 4.78 is 15.8. The van der Waals surface area contributed by atoms with Gasteiger partial charge in [-0.25, -0.2) is 4.39 Å². The summed E-state index contributed by atoms with van der Waals surface area (Å²) in [7, 11) is 0. The second-order valence-corrected chi connectivity index (χ2v) is 15.4. The van der Waals surface area contributed by atoms with Crippen molar-refractivity contribution >= 4 is 54.0 Å². The molecule has 1 saturated heterocycles. The Bertz CT molecular complexity index is 1450. The third kappa shape index (κ3) is 6.49. The number of ketones is 2. The lowest BCUT2D eigenvalue weighted by molar-refractivity contribution is -0.160. The van der Waals surface area contributed by atoms with Crippen molar-refractivity contribution in [2.75, 3.05) is 73.6 Å². The smallest absolute Gasteiger partial charge is 0.229 e. The van der Waals surface area contributed by atoms with Crippen LogP contribution >= 0.6 is 24.8 Å². The minimum Gasteiger partial charge on any atom is -0.381 e. The van der Waals surface area contributed by atoms with Gasteiger partial charge < -0.3 is 19.8 Å². The fourth-order valence-electron chi connectivity index (χ4n) is 10.2. The summed E-state index contributed by atoms with van der Waals surface area (Å²) in [5.41, 5.74) is -0.726. The molecule has 1 aliphatic heterocycles. The van der Waals surface area contributed by atoms with Crippen LogP contribution in [0.25, 0.3) is 0 Å². The Labute approximate surface area is 310 Å². The molecule has 1 aromatic heterocycles. The van der Waals surface area contributed by atoms with Crippen LogP contribution in [0.2, 0.25) is 0 Å². The van der Waals surface area contributed by atoms with Gasteiger partial charge in [0.05, 0.1) is 6.54 Å². The number of rotatable bonds is 10. The normalized spacial score (nSPS) is 33.5. The Morgan fingerprint density at radius 3 is 2.24 bits per heavy atom. The van der Waals surface area contributed by atoms with E-state index >= 15 is 4.39 Å². The number of hydrogen-bond acceptors (Lipinski definition) is 9. The average Bonchev–Trinajstić information content (AvgIpc) is 3.29.